The molecule has 0 amide bonds. The molecule has 0 bridgehead atoms. The number of nitrogens with zero attached hydrogens (tertiary/aromatic N) is 4. The van der Waals surface area contributed by atoms with Crippen LogP contribution >= 0.6 is 22.7 Å². The SMILES string of the molecule is Cc1ccc(N=c2scc(-c3cccs3)n2N=Cc2ccccn2)c(C)c1. The van der Waals surface area contributed by atoms with Crippen molar-refractivity contribution in [3.63, 3.8) is 0 Å². The molecule has 3 aromatic heterocycles. The molecule has 0 radical (unpaired) electrons. The first-order chi connectivity index (χ1) is 13.2. The standard InChI is InChI=1S/C21H18N4S2/c1-15-8-9-18(16(2)12-15)24-21-25(23-13-17-6-3-4-10-22-17)19(14-27-21)20-7-5-11-26-20/h3-14H,1-2H3. The van der Waals surface area contributed by atoms with E-state index in [1.807, 2.05) is 28.9 Å². The predicted molar refractivity (Wildman–Crippen MR) is 114 cm³/mol. The minimum absolute atomic E-state index is 0.811. The van der Waals surface area contributed by atoms with Crippen LogP contribution in [0.5, 0.6) is 0 Å². The molecular weight excluding hydrogens is 372 g/mol. The molecule has 0 fully saturated rings. The van der Waals surface area contributed by atoms with Crippen molar-refractivity contribution in [2.45, 2.75) is 13.8 Å². The van der Waals surface area contributed by atoms with Crippen LogP contribution in [0.1, 0.15) is 16.8 Å². The number of aryl methyl sites for hydroxylation is 2. The van der Waals surface area contributed by atoms with Crippen LogP contribution in [0.4, 0.5) is 5.69 Å². The molecule has 0 atom stereocenters. The van der Waals surface area contributed by atoms with E-state index in [-0.39, 0.29) is 0 Å². The van der Waals surface area contributed by atoms with Gasteiger partial charge in [-0.25, -0.2) is 9.67 Å². The smallest absolute Gasteiger partial charge is 0.211 e. The lowest BCUT2D eigenvalue weighted by atomic mass is 10.1. The summed E-state index contributed by atoms with van der Waals surface area (Å²) in [6.45, 7) is 4.18. The van der Waals surface area contributed by atoms with Crippen molar-refractivity contribution in [2.75, 3.05) is 0 Å². The summed E-state index contributed by atoms with van der Waals surface area (Å²) in [5, 5.41) is 8.86. The van der Waals surface area contributed by atoms with Gasteiger partial charge in [-0.2, -0.15) is 5.10 Å². The minimum atomic E-state index is 0.811. The molecule has 4 nitrogen and oxygen atoms in total. The summed E-state index contributed by atoms with van der Waals surface area (Å²) in [4.78, 5) is 11.2. The van der Waals surface area contributed by atoms with Crippen molar-refractivity contribution < 1.29 is 0 Å². The third kappa shape index (κ3) is 3.97. The first kappa shape index (κ1) is 17.6. The molecule has 0 saturated heterocycles. The topological polar surface area (TPSA) is 42.5 Å². The van der Waals surface area contributed by atoms with Crippen LogP contribution in [0.25, 0.3) is 10.6 Å². The number of rotatable bonds is 4. The Morgan fingerprint density at radius 1 is 1.04 bits per heavy atom. The zero-order valence-electron chi connectivity index (χ0n) is 15.0. The summed E-state index contributed by atoms with van der Waals surface area (Å²) >= 11 is 3.28. The molecule has 4 aromatic rings. The summed E-state index contributed by atoms with van der Waals surface area (Å²) < 4.78 is 1.89. The molecule has 4 rings (SSSR count). The fourth-order valence-corrected chi connectivity index (χ4v) is 4.33. The Kier molecular flexibility index (Phi) is 5.09. The van der Waals surface area contributed by atoms with E-state index in [4.69, 9.17) is 4.99 Å². The van der Waals surface area contributed by atoms with Gasteiger partial charge in [-0.3, -0.25) is 4.98 Å². The highest BCUT2D eigenvalue weighted by Gasteiger charge is 2.09. The van der Waals surface area contributed by atoms with Crippen molar-refractivity contribution in [1.29, 1.82) is 0 Å². The van der Waals surface area contributed by atoms with Gasteiger partial charge in [0.25, 0.3) is 0 Å². The Morgan fingerprint density at radius 2 is 1.96 bits per heavy atom. The van der Waals surface area contributed by atoms with Crippen LogP contribution in [0.2, 0.25) is 0 Å². The zero-order valence-corrected chi connectivity index (χ0v) is 16.7. The van der Waals surface area contributed by atoms with Gasteiger partial charge in [0.2, 0.25) is 4.80 Å². The lowest BCUT2D eigenvalue weighted by Crippen LogP contribution is -2.11. The van der Waals surface area contributed by atoms with E-state index < -0.39 is 0 Å². The number of thiazole rings is 1. The summed E-state index contributed by atoms with van der Waals surface area (Å²) in [7, 11) is 0. The van der Waals surface area contributed by atoms with E-state index in [0.717, 1.165) is 32.3 Å². The lowest BCUT2D eigenvalue weighted by Gasteiger charge is -2.03. The molecule has 27 heavy (non-hydrogen) atoms. The molecule has 0 aliphatic heterocycles. The van der Waals surface area contributed by atoms with Gasteiger partial charge in [-0.15, -0.1) is 22.7 Å². The van der Waals surface area contributed by atoms with Gasteiger partial charge >= 0.3 is 0 Å². The lowest BCUT2D eigenvalue weighted by molar-refractivity contribution is 0.855. The van der Waals surface area contributed by atoms with Gasteiger partial charge in [0, 0.05) is 11.6 Å². The number of aromatic nitrogens is 2. The molecule has 0 spiro atoms. The second kappa shape index (κ2) is 7.82. The second-order valence-electron chi connectivity index (χ2n) is 6.09. The average Bonchev–Trinajstić information content (AvgIpc) is 3.33. The molecule has 0 aliphatic rings. The Balaban J connectivity index is 1.84. The Morgan fingerprint density at radius 3 is 2.70 bits per heavy atom. The van der Waals surface area contributed by atoms with Crippen molar-refractivity contribution in [1.82, 2.24) is 9.66 Å². The monoisotopic (exact) mass is 390 g/mol. The molecule has 6 heteroatoms. The summed E-state index contributed by atoms with van der Waals surface area (Å²) in [5.74, 6) is 0. The van der Waals surface area contributed by atoms with Crippen molar-refractivity contribution >= 4 is 34.6 Å². The van der Waals surface area contributed by atoms with Crippen LogP contribution in [-0.4, -0.2) is 15.9 Å². The van der Waals surface area contributed by atoms with Crippen LogP contribution in [0, 0.1) is 13.8 Å². The van der Waals surface area contributed by atoms with Gasteiger partial charge in [0.15, 0.2) is 0 Å². The third-order valence-corrected chi connectivity index (χ3v) is 5.73. The third-order valence-electron chi connectivity index (χ3n) is 4.02. The summed E-state index contributed by atoms with van der Waals surface area (Å²) in [6, 6.07) is 16.2. The van der Waals surface area contributed by atoms with E-state index in [1.165, 1.54) is 5.56 Å². The summed E-state index contributed by atoms with van der Waals surface area (Å²) in [5.41, 5.74) is 5.19. The highest BCUT2D eigenvalue weighted by atomic mass is 32.1. The molecule has 0 N–H and O–H groups in total. The molecule has 1 aromatic carbocycles. The number of thiophene rings is 1. The van der Waals surface area contributed by atoms with Crippen molar-refractivity contribution in [3.05, 3.63) is 87.1 Å². The van der Waals surface area contributed by atoms with Gasteiger partial charge in [0.05, 0.1) is 28.2 Å². The molecule has 0 aliphatic carbocycles. The average molecular weight is 391 g/mol. The maximum absolute atomic E-state index is 4.88. The van der Waals surface area contributed by atoms with Crippen molar-refractivity contribution in [2.24, 2.45) is 10.1 Å². The maximum Gasteiger partial charge on any atom is 0.211 e. The number of pyridine rings is 1. The highest BCUT2D eigenvalue weighted by Crippen LogP contribution is 2.26. The first-order valence-electron chi connectivity index (χ1n) is 8.52. The molecular formula is C21H18N4S2. The fourth-order valence-electron chi connectivity index (χ4n) is 2.69. The van der Waals surface area contributed by atoms with Gasteiger partial charge in [-0.1, -0.05) is 29.8 Å². The number of hydrogen-bond acceptors (Lipinski definition) is 5. The largest absolute Gasteiger partial charge is 0.255 e. The maximum atomic E-state index is 4.88. The molecule has 0 saturated carbocycles. The normalized spacial score (nSPS) is 12.1. The van der Waals surface area contributed by atoms with Gasteiger partial charge < -0.3 is 0 Å². The quantitative estimate of drug-likeness (QED) is 0.430. The number of hydrogen-bond donors (Lipinski definition) is 0. The van der Waals surface area contributed by atoms with Crippen LogP contribution < -0.4 is 4.80 Å². The molecule has 3 heterocycles. The van der Waals surface area contributed by atoms with Crippen molar-refractivity contribution in [3.8, 4) is 10.6 Å². The van der Waals surface area contributed by atoms with Crippen LogP contribution in [0.15, 0.2) is 75.6 Å². The van der Waals surface area contributed by atoms with E-state index in [2.05, 4.69) is 59.0 Å². The van der Waals surface area contributed by atoms with Crippen LogP contribution in [-0.2, 0) is 0 Å². The molecule has 0 unspecified atom stereocenters. The first-order valence-corrected chi connectivity index (χ1v) is 10.3. The molecule has 134 valence electrons. The Bertz CT molecular complexity index is 1140. The second-order valence-corrected chi connectivity index (χ2v) is 7.88. The van der Waals surface area contributed by atoms with E-state index in [9.17, 15) is 0 Å². The minimum Gasteiger partial charge on any atom is -0.255 e. The Hall–Kier alpha value is -2.83. The predicted octanol–water partition coefficient (Wildman–Crippen LogP) is 5.40. The van der Waals surface area contributed by atoms with Gasteiger partial charge in [0.1, 0.15) is 0 Å². The van der Waals surface area contributed by atoms with E-state index in [1.54, 1.807) is 35.1 Å². The van der Waals surface area contributed by atoms with Gasteiger partial charge in [-0.05, 0) is 49.1 Å². The van der Waals surface area contributed by atoms with E-state index in [0.29, 0.717) is 0 Å². The van der Waals surface area contributed by atoms with Crippen LogP contribution in [0.3, 0.4) is 0 Å². The Labute approximate surface area is 165 Å². The number of benzene rings is 1. The summed E-state index contributed by atoms with van der Waals surface area (Å²) in [6.07, 6.45) is 3.53. The fraction of sp³-hybridized carbons (Fsp3) is 0.0952. The zero-order chi connectivity index (χ0) is 18.6. The highest BCUT2D eigenvalue weighted by molar-refractivity contribution is 7.14. The van der Waals surface area contributed by atoms with E-state index >= 15 is 0 Å².